The summed E-state index contributed by atoms with van der Waals surface area (Å²) >= 11 is 3.03. The molecular formula is C14H11BrF2N2O2. The van der Waals surface area contributed by atoms with Gasteiger partial charge in [0.2, 0.25) is 0 Å². The Kier molecular flexibility index (Phi) is 4.74. The average Bonchev–Trinajstić information content (AvgIpc) is 2.49. The molecule has 0 saturated heterocycles. The zero-order valence-electron chi connectivity index (χ0n) is 10.7. The molecule has 2 aromatic carbocycles. The van der Waals surface area contributed by atoms with Crippen LogP contribution < -0.4 is 10.5 Å². The van der Waals surface area contributed by atoms with Crippen LogP contribution in [-0.2, 0) is 6.61 Å². The minimum absolute atomic E-state index is 0.0272. The second kappa shape index (κ2) is 6.53. The molecule has 0 fully saturated rings. The Morgan fingerprint density at radius 2 is 2.05 bits per heavy atom. The molecule has 7 heteroatoms. The highest BCUT2D eigenvalue weighted by molar-refractivity contribution is 9.10. The zero-order valence-corrected chi connectivity index (χ0v) is 12.3. The van der Waals surface area contributed by atoms with Crippen LogP contribution in [0.15, 0.2) is 46.0 Å². The summed E-state index contributed by atoms with van der Waals surface area (Å²) in [7, 11) is 0. The van der Waals surface area contributed by atoms with Gasteiger partial charge >= 0.3 is 0 Å². The number of amidine groups is 1. The molecule has 0 bridgehead atoms. The molecule has 0 unspecified atom stereocenters. The molecule has 0 radical (unpaired) electrons. The van der Waals surface area contributed by atoms with Crippen LogP contribution in [0, 0.1) is 11.6 Å². The number of rotatable bonds is 4. The third-order valence-corrected chi connectivity index (χ3v) is 3.39. The number of oxime groups is 1. The Morgan fingerprint density at radius 3 is 2.71 bits per heavy atom. The van der Waals surface area contributed by atoms with E-state index in [-0.39, 0.29) is 29.3 Å². The van der Waals surface area contributed by atoms with Crippen molar-refractivity contribution in [1.82, 2.24) is 0 Å². The van der Waals surface area contributed by atoms with Crippen LogP contribution in [0.3, 0.4) is 0 Å². The minimum atomic E-state index is -0.648. The first-order valence-electron chi connectivity index (χ1n) is 5.86. The second-order valence-electron chi connectivity index (χ2n) is 4.13. The quantitative estimate of drug-likeness (QED) is 0.381. The Hall–Kier alpha value is -2.15. The predicted molar refractivity (Wildman–Crippen MR) is 77.3 cm³/mol. The van der Waals surface area contributed by atoms with Crippen molar-refractivity contribution in [3.8, 4) is 5.75 Å². The van der Waals surface area contributed by atoms with Crippen LogP contribution in [-0.4, -0.2) is 11.0 Å². The van der Waals surface area contributed by atoms with Gasteiger partial charge in [-0.25, -0.2) is 8.78 Å². The normalized spacial score (nSPS) is 11.5. The number of nitrogens with zero attached hydrogens (tertiary/aromatic N) is 1. The Morgan fingerprint density at radius 1 is 1.29 bits per heavy atom. The highest BCUT2D eigenvalue weighted by Gasteiger charge is 2.12. The Bertz CT molecular complexity index is 693. The maximum atomic E-state index is 14.1. The number of hydrogen-bond donors (Lipinski definition) is 2. The largest absolute Gasteiger partial charge is 0.489 e. The molecule has 0 spiro atoms. The van der Waals surface area contributed by atoms with E-state index < -0.39 is 11.6 Å². The molecule has 0 amide bonds. The van der Waals surface area contributed by atoms with E-state index >= 15 is 0 Å². The number of nitrogens with two attached hydrogens (primary N) is 1. The minimum Gasteiger partial charge on any atom is -0.489 e. The number of hydrogen-bond acceptors (Lipinski definition) is 3. The van der Waals surface area contributed by atoms with E-state index in [0.29, 0.717) is 4.47 Å². The lowest BCUT2D eigenvalue weighted by Crippen LogP contribution is -2.16. The molecule has 0 aliphatic rings. The van der Waals surface area contributed by atoms with Crippen LogP contribution >= 0.6 is 15.9 Å². The van der Waals surface area contributed by atoms with Gasteiger partial charge in [-0.05, 0) is 34.1 Å². The molecule has 21 heavy (non-hydrogen) atoms. The van der Waals surface area contributed by atoms with Crippen molar-refractivity contribution in [2.45, 2.75) is 6.61 Å². The molecule has 0 aromatic heterocycles. The van der Waals surface area contributed by atoms with Crippen molar-refractivity contribution in [3.63, 3.8) is 0 Å². The smallest absolute Gasteiger partial charge is 0.173 e. The van der Waals surface area contributed by atoms with Gasteiger partial charge in [-0.2, -0.15) is 0 Å². The van der Waals surface area contributed by atoms with Gasteiger partial charge in [-0.15, -0.1) is 0 Å². The van der Waals surface area contributed by atoms with E-state index in [0.717, 1.165) is 0 Å². The summed E-state index contributed by atoms with van der Waals surface area (Å²) in [5.74, 6) is -1.18. The van der Waals surface area contributed by atoms with Crippen LogP contribution in [0.25, 0.3) is 0 Å². The van der Waals surface area contributed by atoms with Gasteiger partial charge < -0.3 is 15.7 Å². The van der Waals surface area contributed by atoms with Gasteiger partial charge in [0.05, 0.1) is 10.0 Å². The van der Waals surface area contributed by atoms with Crippen LogP contribution in [0.1, 0.15) is 11.1 Å². The molecule has 0 saturated carbocycles. The van der Waals surface area contributed by atoms with Crippen molar-refractivity contribution in [1.29, 1.82) is 0 Å². The van der Waals surface area contributed by atoms with Crippen molar-refractivity contribution in [2.75, 3.05) is 0 Å². The second-order valence-corrected chi connectivity index (χ2v) is 4.98. The van der Waals surface area contributed by atoms with Crippen LogP contribution in [0.4, 0.5) is 8.78 Å². The fraction of sp³-hybridized carbons (Fsp3) is 0.0714. The predicted octanol–water partition coefficient (Wildman–Crippen LogP) is 3.40. The van der Waals surface area contributed by atoms with Crippen LogP contribution in [0.5, 0.6) is 5.75 Å². The number of halogens is 3. The third-order valence-electron chi connectivity index (χ3n) is 2.75. The Balaban J connectivity index is 2.18. The van der Waals surface area contributed by atoms with Crippen LogP contribution in [0.2, 0.25) is 0 Å². The summed E-state index contributed by atoms with van der Waals surface area (Å²) in [4.78, 5) is 0. The molecule has 4 nitrogen and oxygen atoms in total. The van der Waals surface area contributed by atoms with Gasteiger partial charge in [0.25, 0.3) is 0 Å². The molecule has 2 aromatic rings. The van der Waals surface area contributed by atoms with Crippen molar-refractivity contribution in [2.24, 2.45) is 10.9 Å². The van der Waals surface area contributed by atoms with Crippen molar-refractivity contribution in [3.05, 3.63) is 63.6 Å². The lowest BCUT2D eigenvalue weighted by molar-refractivity contribution is 0.298. The van der Waals surface area contributed by atoms with Gasteiger partial charge in [-0.3, -0.25) is 0 Å². The average molecular weight is 357 g/mol. The van der Waals surface area contributed by atoms with Gasteiger partial charge in [0.15, 0.2) is 5.84 Å². The van der Waals surface area contributed by atoms with E-state index in [1.165, 1.54) is 24.3 Å². The van der Waals surface area contributed by atoms with Gasteiger partial charge in [0, 0.05) is 11.6 Å². The first kappa shape index (κ1) is 15.2. The highest BCUT2D eigenvalue weighted by Crippen LogP contribution is 2.22. The SMILES string of the molecule is N/C(=N/O)c1cccc(COc2ccc(Br)c(F)c2)c1F. The standard InChI is InChI=1S/C14H11BrF2N2O2/c15-11-5-4-9(6-12(11)16)21-7-8-2-1-3-10(13(8)17)14(18)19-20/h1-6,20H,7H2,(H2,18,19). The summed E-state index contributed by atoms with van der Waals surface area (Å²) < 4.78 is 33.1. The van der Waals surface area contributed by atoms with Gasteiger partial charge in [-0.1, -0.05) is 17.3 Å². The van der Waals surface area contributed by atoms with E-state index in [1.807, 2.05) is 0 Å². The molecule has 0 aliphatic carbocycles. The number of ether oxygens (including phenoxy) is 1. The molecule has 0 heterocycles. The lowest BCUT2D eigenvalue weighted by Gasteiger charge is -2.10. The summed E-state index contributed by atoms with van der Waals surface area (Å²) in [6.45, 7) is -0.112. The summed E-state index contributed by atoms with van der Waals surface area (Å²) in [6, 6.07) is 8.67. The summed E-state index contributed by atoms with van der Waals surface area (Å²) in [6.07, 6.45) is 0. The molecule has 0 aliphatic heterocycles. The number of benzene rings is 2. The van der Waals surface area contributed by atoms with E-state index in [4.69, 9.17) is 15.7 Å². The molecule has 0 atom stereocenters. The monoisotopic (exact) mass is 356 g/mol. The fourth-order valence-corrected chi connectivity index (χ4v) is 1.92. The topological polar surface area (TPSA) is 67.8 Å². The van der Waals surface area contributed by atoms with E-state index in [1.54, 1.807) is 12.1 Å². The molecule has 2 rings (SSSR count). The maximum Gasteiger partial charge on any atom is 0.173 e. The molecule has 3 N–H and O–H groups in total. The maximum absolute atomic E-state index is 14.1. The van der Waals surface area contributed by atoms with E-state index in [9.17, 15) is 8.78 Å². The van der Waals surface area contributed by atoms with Crippen molar-refractivity contribution < 1.29 is 18.7 Å². The molecular weight excluding hydrogens is 346 g/mol. The first-order chi connectivity index (χ1) is 10.0. The van der Waals surface area contributed by atoms with Crippen molar-refractivity contribution >= 4 is 21.8 Å². The summed E-state index contributed by atoms with van der Waals surface area (Å²) in [5.41, 5.74) is 5.56. The Labute approximate surface area is 128 Å². The summed E-state index contributed by atoms with van der Waals surface area (Å²) in [5, 5.41) is 11.3. The van der Waals surface area contributed by atoms with E-state index in [2.05, 4.69) is 21.1 Å². The highest BCUT2D eigenvalue weighted by atomic mass is 79.9. The first-order valence-corrected chi connectivity index (χ1v) is 6.65. The fourth-order valence-electron chi connectivity index (χ4n) is 1.67. The van der Waals surface area contributed by atoms with Gasteiger partial charge in [0.1, 0.15) is 24.0 Å². The zero-order chi connectivity index (χ0) is 15.4. The third kappa shape index (κ3) is 3.49. The lowest BCUT2D eigenvalue weighted by atomic mass is 10.1. The molecule has 110 valence electrons.